The smallest absolute Gasteiger partial charge is 0.166 e. The fourth-order valence-corrected chi connectivity index (χ4v) is 3.81. The molecule has 0 heterocycles. The highest BCUT2D eigenvalue weighted by molar-refractivity contribution is 8.03. The van der Waals surface area contributed by atoms with E-state index >= 15 is 0 Å². The highest BCUT2D eigenvalue weighted by Crippen LogP contribution is 2.31. The number of phenols is 1. The minimum atomic E-state index is -0.263. The third-order valence-electron chi connectivity index (χ3n) is 3.03. The van der Waals surface area contributed by atoms with Crippen molar-refractivity contribution in [3.05, 3.63) is 95.8 Å². The molecular formula is C20H23OS+. The Labute approximate surface area is 136 Å². The third kappa shape index (κ3) is 4.68. The van der Waals surface area contributed by atoms with Crippen molar-refractivity contribution < 1.29 is 5.11 Å². The summed E-state index contributed by atoms with van der Waals surface area (Å²) in [4.78, 5) is 2.23. The van der Waals surface area contributed by atoms with Crippen molar-refractivity contribution >= 4 is 10.9 Å². The van der Waals surface area contributed by atoms with E-state index < -0.39 is 0 Å². The van der Waals surface area contributed by atoms with Crippen LogP contribution in [0.1, 0.15) is 11.1 Å². The van der Waals surface area contributed by atoms with Gasteiger partial charge in [0.2, 0.25) is 0 Å². The van der Waals surface area contributed by atoms with Crippen LogP contribution in [0.5, 0.6) is 5.75 Å². The first-order valence-electron chi connectivity index (χ1n) is 6.99. The molecule has 1 N–H and O–H groups in total. The average molecular weight is 311 g/mol. The monoisotopic (exact) mass is 311 g/mol. The molecule has 0 aromatic heterocycles. The SMILES string of the molecule is C=C/C=C\C=C\[S+](/C(C=C)=C/C=C)c1cc(C)c(O)c(C)c1. The van der Waals surface area contributed by atoms with Crippen LogP contribution in [-0.4, -0.2) is 5.11 Å². The van der Waals surface area contributed by atoms with Crippen molar-refractivity contribution in [2.45, 2.75) is 18.7 Å². The molecule has 22 heavy (non-hydrogen) atoms. The lowest BCUT2D eigenvalue weighted by Crippen LogP contribution is -2.02. The molecule has 1 aromatic rings. The first-order chi connectivity index (χ1) is 10.5. The Morgan fingerprint density at radius 3 is 2.14 bits per heavy atom. The largest absolute Gasteiger partial charge is 0.507 e. The molecule has 0 saturated heterocycles. The van der Waals surface area contributed by atoms with Gasteiger partial charge in [0, 0.05) is 12.1 Å². The molecule has 2 heteroatoms. The van der Waals surface area contributed by atoms with Crippen LogP contribution in [0.25, 0.3) is 0 Å². The Kier molecular flexibility index (Phi) is 7.27. The van der Waals surface area contributed by atoms with Gasteiger partial charge in [-0.3, -0.25) is 0 Å². The van der Waals surface area contributed by atoms with E-state index in [1.807, 2.05) is 56.4 Å². The summed E-state index contributed by atoms with van der Waals surface area (Å²) >= 11 is 0. The molecule has 0 aliphatic carbocycles. The summed E-state index contributed by atoms with van der Waals surface area (Å²) in [6.45, 7) is 15.2. The van der Waals surface area contributed by atoms with Gasteiger partial charge in [-0.05, 0) is 43.2 Å². The summed E-state index contributed by atoms with van der Waals surface area (Å²) in [5.41, 5.74) is 1.76. The first kappa shape index (κ1) is 17.9. The molecule has 0 spiro atoms. The summed E-state index contributed by atoms with van der Waals surface area (Å²) in [5, 5.41) is 12.1. The van der Waals surface area contributed by atoms with E-state index in [0.29, 0.717) is 5.75 Å². The van der Waals surface area contributed by atoms with Crippen molar-refractivity contribution in [2.24, 2.45) is 0 Å². The maximum atomic E-state index is 9.97. The van der Waals surface area contributed by atoms with E-state index in [4.69, 9.17) is 0 Å². The molecule has 0 saturated carbocycles. The minimum absolute atomic E-state index is 0.263. The molecular weight excluding hydrogens is 288 g/mol. The molecule has 1 atom stereocenters. The molecule has 1 nitrogen and oxygen atoms in total. The summed E-state index contributed by atoms with van der Waals surface area (Å²) < 4.78 is 0. The molecule has 1 aromatic carbocycles. The van der Waals surface area contributed by atoms with Crippen LogP contribution in [0, 0.1) is 13.8 Å². The second-order valence-corrected chi connectivity index (χ2v) is 6.59. The lowest BCUT2D eigenvalue weighted by molar-refractivity contribution is 0.466. The average Bonchev–Trinajstić information content (AvgIpc) is 2.50. The Morgan fingerprint density at radius 1 is 1.00 bits per heavy atom. The summed E-state index contributed by atoms with van der Waals surface area (Å²) in [5.74, 6) is 0.357. The van der Waals surface area contributed by atoms with Crippen molar-refractivity contribution in [1.82, 2.24) is 0 Å². The maximum Gasteiger partial charge on any atom is 0.166 e. The van der Waals surface area contributed by atoms with Crippen molar-refractivity contribution in [3.63, 3.8) is 0 Å². The molecule has 0 radical (unpaired) electrons. The van der Waals surface area contributed by atoms with Crippen LogP contribution in [-0.2, 0) is 10.9 Å². The standard InChI is InChI=1S/C20H22OS/c1-6-9-10-11-13-22(18(8-3)12-7-2)19-14-16(4)20(21)17(5)15-19/h6-15H,1-3H2,4-5H3/p+1/b10-9-,13-11+,18-12+. The van der Waals surface area contributed by atoms with Gasteiger partial charge < -0.3 is 5.11 Å². The van der Waals surface area contributed by atoms with Crippen LogP contribution in [0.15, 0.2) is 89.6 Å². The van der Waals surface area contributed by atoms with Crippen LogP contribution < -0.4 is 0 Å². The van der Waals surface area contributed by atoms with E-state index in [9.17, 15) is 5.11 Å². The number of allylic oxidation sites excluding steroid dienone is 7. The zero-order valence-electron chi connectivity index (χ0n) is 13.3. The predicted molar refractivity (Wildman–Crippen MR) is 100 cm³/mol. The number of aryl methyl sites for hydroxylation is 2. The lowest BCUT2D eigenvalue weighted by Gasteiger charge is -2.08. The number of hydrogen-bond acceptors (Lipinski definition) is 1. The van der Waals surface area contributed by atoms with Crippen LogP contribution in [0.4, 0.5) is 0 Å². The van der Waals surface area contributed by atoms with E-state index in [2.05, 4.69) is 25.1 Å². The van der Waals surface area contributed by atoms with Gasteiger partial charge in [-0.1, -0.05) is 44.0 Å². The fraction of sp³-hybridized carbons (Fsp3) is 0.100. The topological polar surface area (TPSA) is 20.2 Å². The first-order valence-corrected chi connectivity index (χ1v) is 8.28. The summed E-state index contributed by atoms with van der Waals surface area (Å²) in [6.07, 6.45) is 13.2. The highest BCUT2D eigenvalue weighted by Gasteiger charge is 2.24. The van der Waals surface area contributed by atoms with E-state index in [1.54, 1.807) is 12.2 Å². The van der Waals surface area contributed by atoms with Gasteiger partial charge in [0.05, 0.1) is 10.9 Å². The zero-order chi connectivity index (χ0) is 16.5. The summed E-state index contributed by atoms with van der Waals surface area (Å²) in [6, 6.07) is 4.04. The minimum Gasteiger partial charge on any atom is -0.507 e. The Hall–Kier alpha value is -2.19. The second-order valence-electron chi connectivity index (χ2n) is 4.70. The van der Waals surface area contributed by atoms with Crippen LogP contribution in [0.2, 0.25) is 0 Å². The van der Waals surface area contributed by atoms with Gasteiger partial charge in [-0.2, -0.15) is 0 Å². The normalized spacial score (nSPS) is 13.5. The second kappa shape index (κ2) is 8.96. The fourth-order valence-electron chi connectivity index (χ4n) is 1.95. The van der Waals surface area contributed by atoms with E-state index in [1.165, 1.54) is 0 Å². The highest BCUT2D eigenvalue weighted by atomic mass is 32.2. The van der Waals surface area contributed by atoms with Crippen molar-refractivity contribution in [3.8, 4) is 5.75 Å². The van der Waals surface area contributed by atoms with Crippen LogP contribution >= 0.6 is 0 Å². The number of benzene rings is 1. The van der Waals surface area contributed by atoms with Crippen LogP contribution in [0.3, 0.4) is 0 Å². The molecule has 1 unspecified atom stereocenters. The third-order valence-corrected chi connectivity index (χ3v) is 5.01. The maximum absolute atomic E-state index is 9.97. The van der Waals surface area contributed by atoms with E-state index in [0.717, 1.165) is 20.9 Å². The molecule has 0 aliphatic rings. The molecule has 114 valence electrons. The molecule has 1 rings (SSSR count). The number of hydrogen-bond donors (Lipinski definition) is 1. The Morgan fingerprint density at radius 2 is 1.64 bits per heavy atom. The summed E-state index contributed by atoms with van der Waals surface area (Å²) in [7, 11) is -0.263. The number of rotatable bonds is 7. The Bertz CT molecular complexity index is 625. The van der Waals surface area contributed by atoms with Gasteiger partial charge in [0.15, 0.2) is 9.80 Å². The molecule has 0 amide bonds. The van der Waals surface area contributed by atoms with E-state index in [-0.39, 0.29) is 10.9 Å². The van der Waals surface area contributed by atoms with Crippen molar-refractivity contribution in [2.75, 3.05) is 0 Å². The van der Waals surface area contributed by atoms with Gasteiger partial charge >= 0.3 is 0 Å². The van der Waals surface area contributed by atoms with Gasteiger partial charge in [0.1, 0.15) is 11.2 Å². The Balaban J connectivity index is 3.36. The number of aromatic hydroxyl groups is 1. The van der Waals surface area contributed by atoms with Gasteiger partial charge in [0.25, 0.3) is 0 Å². The van der Waals surface area contributed by atoms with Gasteiger partial charge in [-0.15, -0.1) is 0 Å². The zero-order valence-corrected chi connectivity index (χ0v) is 14.1. The van der Waals surface area contributed by atoms with Crippen molar-refractivity contribution in [1.29, 1.82) is 0 Å². The van der Waals surface area contributed by atoms with Gasteiger partial charge in [-0.25, -0.2) is 0 Å². The molecule has 0 bridgehead atoms. The predicted octanol–water partition coefficient (Wildman–Crippen LogP) is 5.50. The number of phenolic OH excluding ortho intramolecular Hbond substituents is 1. The quantitative estimate of drug-likeness (QED) is 0.521. The molecule has 0 fully saturated rings. The molecule has 0 aliphatic heterocycles. The lowest BCUT2D eigenvalue weighted by atomic mass is 10.1.